The normalized spacial score (nSPS) is 14.9. The zero-order valence-corrected chi connectivity index (χ0v) is 20.4. The average Bonchev–Trinajstić information content (AvgIpc) is 3.32. The van der Waals surface area contributed by atoms with Crippen LogP contribution in [0.15, 0.2) is 59.9 Å². The summed E-state index contributed by atoms with van der Waals surface area (Å²) in [6.45, 7) is 14.9. The van der Waals surface area contributed by atoms with Gasteiger partial charge in [-0.3, -0.25) is 9.69 Å². The minimum Gasteiger partial charge on any atom is -0.379 e. The third kappa shape index (κ3) is 4.96. The molecule has 2 heterocycles. The molecule has 184 valence electrons. The van der Waals surface area contributed by atoms with Crippen LogP contribution in [-0.2, 0) is 14.4 Å². The van der Waals surface area contributed by atoms with Gasteiger partial charge in [0.2, 0.25) is 5.78 Å². The van der Waals surface area contributed by atoms with Crippen LogP contribution in [-0.4, -0.2) is 64.7 Å². The van der Waals surface area contributed by atoms with E-state index >= 15 is 0 Å². The van der Waals surface area contributed by atoms with Gasteiger partial charge in [0.15, 0.2) is 5.78 Å². The molecule has 1 fully saturated rings. The van der Waals surface area contributed by atoms with E-state index in [-0.39, 0.29) is 11.3 Å². The molecule has 0 spiro atoms. The number of carbonyl (C=O) groups excluding carboxylic acids is 3. The van der Waals surface area contributed by atoms with Crippen molar-refractivity contribution in [3.63, 3.8) is 0 Å². The van der Waals surface area contributed by atoms with Crippen LogP contribution in [0.4, 0.5) is 0 Å². The van der Waals surface area contributed by atoms with Crippen LogP contribution >= 0.6 is 0 Å². The van der Waals surface area contributed by atoms with E-state index in [1.54, 1.807) is 24.3 Å². The van der Waals surface area contributed by atoms with Crippen LogP contribution in [0, 0.1) is 6.57 Å². The molecule has 0 saturated carbocycles. The Hall–Kier alpha value is -4.13. The lowest BCUT2D eigenvalue weighted by Gasteiger charge is -2.39. The van der Waals surface area contributed by atoms with E-state index in [1.165, 1.54) is 0 Å². The average molecular weight is 487 g/mol. The van der Waals surface area contributed by atoms with Crippen LogP contribution in [0.25, 0.3) is 21.4 Å². The predicted molar refractivity (Wildman–Crippen MR) is 134 cm³/mol. The summed E-state index contributed by atoms with van der Waals surface area (Å²) in [5, 5.41) is 4.24. The first-order valence-corrected chi connectivity index (χ1v) is 11.5. The lowest BCUT2D eigenvalue weighted by Crippen LogP contribution is -2.54. The van der Waals surface area contributed by atoms with Gasteiger partial charge in [0, 0.05) is 48.4 Å². The Morgan fingerprint density at radius 3 is 2.33 bits per heavy atom. The van der Waals surface area contributed by atoms with E-state index in [9.17, 15) is 14.4 Å². The maximum absolute atomic E-state index is 13.4. The third-order valence-electron chi connectivity index (χ3n) is 6.29. The molecular formula is C27H26N4O5. The van der Waals surface area contributed by atoms with Gasteiger partial charge >= 0.3 is 11.8 Å². The van der Waals surface area contributed by atoms with Gasteiger partial charge in [-0.15, -0.1) is 0 Å². The molecule has 9 heteroatoms. The summed E-state index contributed by atoms with van der Waals surface area (Å²) in [7, 11) is 0. The molecule has 0 aliphatic carbocycles. The highest BCUT2D eigenvalue weighted by molar-refractivity contribution is 6.48. The quantitative estimate of drug-likeness (QED) is 0.126. The molecule has 3 aromatic rings. The summed E-state index contributed by atoms with van der Waals surface area (Å²) in [6.07, 6.45) is 1.90. The van der Waals surface area contributed by atoms with Crippen molar-refractivity contribution in [2.75, 3.05) is 26.3 Å². The van der Waals surface area contributed by atoms with Gasteiger partial charge in [0.05, 0.1) is 29.4 Å². The van der Waals surface area contributed by atoms with Crippen molar-refractivity contribution in [1.82, 2.24) is 9.47 Å². The van der Waals surface area contributed by atoms with E-state index < -0.39 is 23.1 Å². The Bertz CT molecular complexity index is 1390. The first kappa shape index (κ1) is 25.0. The number of oxime groups is 1. The molecule has 0 N–H and O–H groups in total. The molecule has 1 saturated heterocycles. The van der Waals surface area contributed by atoms with Crippen molar-refractivity contribution in [3.8, 4) is 5.69 Å². The number of ketones is 2. The van der Waals surface area contributed by atoms with Crippen molar-refractivity contribution in [1.29, 1.82) is 0 Å². The Kier molecular flexibility index (Phi) is 7.10. The fraction of sp³-hybridized carbons (Fsp3) is 0.296. The number of benzene rings is 2. The molecule has 0 bridgehead atoms. The summed E-state index contributed by atoms with van der Waals surface area (Å²) in [5.41, 5.74) is 1.97. The second-order valence-corrected chi connectivity index (χ2v) is 8.93. The fourth-order valence-corrected chi connectivity index (χ4v) is 4.25. The Morgan fingerprint density at radius 2 is 1.69 bits per heavy atom. The molecule has 0 atom stereocenters. The monoisotopic (exact) mass is 486 g/mol. The number of morpholine rings is 1. The SMILES string of the molecule is [C-]#[N+]/C(=N\OC(C)=O)C(=O)c1ccc(-n2ccc3cc(C(=O)C(C)(C)N4CCOCC4)ccc32)cc1. The lowest BCUT2D eigenvalue weighted by atomic mass is 9.90. The standard InChI is InChI=1S/C27H26N4O5/c1-18(32)36-29-26(28-4)24(33)19-5-8-22(9-6-19)31-12-11-20-17-21(7-10-23(20)31)25(34)27(2,3)30-13-15-35-16-14-30/h5-12,17H,13-16H2,1-3H3/b29-26-. The highest BCUT2D eigenvalue weighted by Crippen LogP contribution is 2.26. The minimum atomic E-state index is -0.715. The number of fused-ring (bicyclic) bond motifs is 1. The van der Waals surface area contributed by atoms with E-state index in [4.69, 9.17) is 11.3 Å². The fourth-order valence-electron chi connectivity index (χ4n) is 4.25. The molecule has 1 aliphatic rings. The van der Waals surface area contributed by atoms with Crippen LogP contribution in [0.2, 0.25) is 0 Å². The molecule has 9 nitrogen and oxygen atoms in total. The number of rotatable bonds is 7. The van der Waals surface area contributed by atoms with Crippen molar-refractivity contribution in [3.05, 3.63) is 77.3 Å². The summed E-state index contributed by atoms with van der Waals surface area (Å²) in [6, 6.07) is 14.3. The number of ether oxygens (including phenoxy) is 1. The van der Waals surface area contributed by atoms with E-state index in [0.717, 1.165) is 36.6 Å². The predicted octanol–water partition coefficient (Wildman–Crippen LogP) is 3.90. The van der Waals surface area contributed by atoms with Crippen molar-refractivity contribution < 1.29 is 24.0 Å². The summed E-state index contributed by atoms with van der Waals surface area (Å²) >= 11 is 0. The molecule has 2 aromatic carbocycles. The van der Waals surface area contributed by atoms with Gasteiger partial charge in [-0.25, -0.2) is 9.63 Å². The second-order valence-electron chi connectivity index (χ2n) is 8.93. The molecule has 36 heavy (non-hydrogen) atoms. The number of amidine groups is 1. The molecule has 0 radical (unpaired) electrons. The number of hydrogen-bond donors (Lipinski definition) is 0. The molecule has 1 aromatic heterocycles. The summed E-state index contributed by atoms with van der Waals surface area (Å²) < 4.78 is 7.38. The molecule has 0 unspecified atom stereocenters. The van der Waals surface area contributed by atoms with Crippen molar-refractivity contribution >= 4 is 34.3 Å². The van der Waals surface area contributed by atoms with Gasteiger partial charge in [0.25, 0.3) is 0 Å². The maximum Gasteiger partial charge on any atom is 0.363 e. The van der Waals surface area contributed by atoms with Crippen molar-refractivity contribution in [2.45, 2.75) is 26.3 Å². The zero-order valence-electron chi connectivity index (χ0n) is 20.4. The lowest BCUT2D eigenvalue weighted by molar-refractivity contribution is -0.140. The topological polar surface area (TPSA) is 94.6 Å². The zero-order chi connectivity index (χ0) is 25.9. The van der Waals surface area contributed by atoms with E-state index in [1.807, 2.05) is 48.9 Å². The molecule has 4 rings (SSSR count). The van der Waals surface area contributed by atoms with Gasteiger partial charge < -0.3 is 18.9 Å². The largest absolute Gasteiger partial charge is 0.379 e. The third-order valence-corrected chi connectivity index (χ3v) is 6.29. The molecule has 0 amide bonds. The number of Topliss-reactive ketones (excluding diaryl/α,β-unsaturated/α-hetero) is 2. The first-order valence-electron chi connectivity index (χ1n) is 11.5. The van der Waals surface area contributed by atoms with Gasteiger partial charge in [-0.2, -0.15) is 0 Å². The smallest absolute Gasteiger partial charge is 0.363 e. The second kappa shape index (κ2) is 10.2. The first-order chi connectivity index (χ1) is 17.2. The van der Waals surface area contributed by atoms with Crippen molar-refractivity contribution in [2.24, 2.45) is 5.16 Å². The van der Waals surface area contributed by atoms with Gasteiger partial charge in [-0.05, 0) is 50.2 Å². The summed E-state index contributed by atoms with van der Waals surface area (Å²) in [5.74, 6) is -1.82. The molecular weight excluding hydrogens is 460 g/mol. The Labute approximate surface area is 208 Å². The number of nitrogens with zero attached hydrogens (tertiary/aromatic N) is 4. The van der Waals surface area contributed by atoms with E-state index in [0.29, 0.717) is 18.8 Å². The number of aromatic nitrogens is 1. The minimum absolute atomic E-state index is 0.0629. The maximum atomic E-state index is 13.4. The van der Waals surface area contributed by atoms with Crippen LogP contribution in [0.3, 0.4) is 0 Å². The highest BCUT2D eigenvalue weighted by atomic mass is 16.7. The van der Waals surface area contributed by atoms with Gasteiger partial charge in [-0.1, -0.05) is 18.7 Å². The molecule has 1 aliphatic heterocycles. The van der Waals surface area contributed by atoms with Gasteiger partial charge in [0.1, 0.15) is 0 Å². The van der Waals surface area contributed by atoms with Crippen LogP contribution < -0.4 is 0 Å². The van der Waals surface area contributed by atoms with Crippen LogP contribution in [0.1, 0.15) is 41.5 Å². The Morgan fingerprint density at radius 1 is 1.03 bits per heavy atom. The van der Waals surface area contributed by atoms with E-state index in [2.05, 4.69) is 19.7 Å². The number of carbonyl (C=O) groups is 3. The summed E-state index contributed by atoms with van der Waals surface area (Å²) in [4.78, 5) is 46.4. The van der Waals surface area contributed by atoms with Crippen LogP contribution in [0.5, 0.6) is 0 Å². The number of hydrogen-bond acceptors (Lipinski definition) is 7. The Balaban J connectivity index is 1.57. The highest BCUT2D eigenvalue weighted by Gasteiger charge is 2.36.